The van der Waals surface area contributed by atoms with Crippen LogP contribution >= 0.6 is 11.3 Å². The summed E-state index contributed by atoms with van der Waals surface area (Å²) in [6.07, 6.45) is 2.17. The van der Waals surface area contributed by atoms with Crippen molar-refractivity contribution in [1.29, 1.82) is 0 Å². The standard InChI is InChI=1S/C19H19FN2O2S/c20-14-5-6-16-13(9-14)10-17(18-4-2-8-25-18)22(16)12-19(23)21-11-15-3-1-7-24-15/h2,4-6,8-10,15H,1,3,7,11-12H2,(H,21,23)/t15-/m1/s1. The van der Waals surface area contributed by atoms with Crippen molar-refractivity contribution >= 4 is 28.1 Å². The van der Waals surface area contributed by atoms with Gasteiger partial charge in [-0.3, -0.25) is 4.79 Å². The van der Waals surface area contributed by atoms with Crippen molar-refractivity contribution in [2.45, 2.75) is 25.5 Å². The molecule has 1 aliphatic heterocycles. The molecule has 6 heteroatoms. The van der Waals surface area contributed by atoms with E-state index in [-0.39, 0.29) is 24.4 Å². The molecule has 1 aromatic carbocycles. The average molecular weight is 358 g/mol. The number of benzene rings is 1. The van der Waals surface area contributed by atoms with Gasteiger partial charge < -0.3 is 14.6 Å². The first-order chi connectivity index (χ1) is 12.2. The van der Waals surface area contributed by atoms with Gasteiger partial charge in [-0.15, -0.1) is 11.3 Å². The minimum atomic E-state index is -0.273. The zero-order valence-corrected chi connectivity index (χ0v) is 14.5. The lowest BCUT2D eigenvalue weighted by Gasteiger charge is -2.13. The summed E-state index contributed by atoms with van der Waals surface area (Å²) < 4.78 is 21.1. The van der Waals surface area contributed by atoms with Crippen LogP contribution < -0.4 is 5.32 Å². The maximum Gasteiger partial charge on any atom is 0.240 e. The van der Waals surface area contributed by atoms with Gasteiger partial charge in [0.05, 0.1) is 16.7 Å². The second-order valence-corrected chi connectivity index (χ2v) is 7.18. The van der Waals surface area contributed by atoms with Crippen LogP contribution in [-0.2, 0) is 16.1 Å². The van der Waals surface area contributed by atoms with Gasteiger partial charge in [-0.25, -0.2) is 4.39 Å². The van der Waals surface area contributed by atoms with E-state index >= 15 is 0 Å². The summed E-state index contributed by atoms with van der Waals surface area (Å²) in [5.74, 6) is -0.333. The molecule has 4 rings (SSSR count). The van der Waals surface area contributed by atoms with E-state index in [0.717, 1.165) is 40.9 Å². The van der Waals surface area contributed by atoms with Gasteiger partial charge >= 0.3 is 0 Å². The number of fused-ring (bicyclic) bond motifs is 1. The molecule has 25 heavy (non-hydrogen) atoms. The number of carbonyl (C=O) groups excluding carboxylic acids is 1. The molecule has 0 spiro atoms. The first-order valence-corrected chi connectivity index (χ1v) is 9.29. The third kappa shape index (κ3) is 3.45. The minimum Gasteiger partial charge on any atom is -0.376 e. The van der Waals surface area contributed by atoms with Crippen molar-refractivity contribution in [3.8, 4) is 10.6 Å². The summed E-state index contributed by atoms with van der Waals surface area (Å²) in [5.41, 5.74) is 1.79. The number of ether oxygens (including phenoxy) is 1. The van der Waals surface area contributed by atoms with Gasteiger partial charge in [-0.1, -0.05) is 6.07 Å². The van der Waals surface area contributed by atoms with Crippen LogP contribution in [0.15, 0.2) is 41.8 Å². The average Bonchev–Trinajstić information content (AvgIpc) is 3.34. The van der Waals surface area contributed by atoms with Crippen molar-refractivity contribution in [1.82, 2.24) is 9.88 Å². The van der Waals surface area contributed by atoms with Crippen molar-refractivity contribution in [3.63, 3.8) is 0 Å². The molecule has 1 aliphatic rings. The van der Waals surface area contributed by atoms with Crippen LogP contribution in [0.3, 0.4) is 0 Å². The van der Waals surface area contributed by atoms with Gasteiger partial charge in [0.25, 0.3) is 0 Å². The second kappa shape index (κ2) is 6.98. The molecular weight excluding hydrogens is 339 g/mol. The van der Waals surface area contributed by atoms with Crippen LogP contribution in [-0.4, -0.2) is 29.7 Å². The Morgan fingerprint density at radius 2 is 2.28 bits per heavy atom. The highest BCUT2D eigenvalue weighted by molar-refractivity contribution is 7.13. The zero-order valence-electron chi connectivity index (χ0n) is 13.7. The van der Waals surface area contributed by atoms with Gasteiger partial charge in [0, 0.05) is 24.1 Å². The number of aromatic nitrogens is 1. The Balaban J connectivity index is 1.60. The summed E-state index contributed by atoms with van der Waals surface area (Å²) in [6.45, 7) is 1.52. The normalized spacial score (nSPS) is 17.2. The SMILES string of the molecule is O=C(Cn1c(-c2cccs2)cc2cc(F)ccc21)NC[C@H]1CCCO1. The number of hydrogen-bond donors (Lipinski definition) is 1. The molecule has 0 bridgehead atoms. The van der Waals surface area contributed by atoms with Crippen molar-refractivity contribution < 1.29 is 13.9 Å². The number of carbonyl (C=O) groups is 1. The van der Waals surface area contributed by atoms with Crippen molar-refractivity contribution in [2.75, 3.05) is 13.2 Å². The zero-order chi connectivity index (χ0) is 17.2. The monoisotopic (exact) mass is 358 g/mol. The molecule has 1 fully saturated rings. The maximum atomic E-state index is 13.6. The number of hydrogen-bond acceptors (Lipinski definition) is 3. The highest BCUT2D eigenvalue weighted by Gasteiger charge is 2.18. The Kier molecular flexibility index (Phi) is 4.55. The maximum absolute atomic E-state index is 13.6. The number of rotatable bonds is 5. The van der Waals surface area contributed by atoms with Crippen molar-refractivity contribution in [2.24, 2.45) is 0 Å². The molecule has 1 amide bonds. The molecule has 1 N–H and O–H groups in total. The van der Waals surface area contributed by atoms with Crippen LogP contribution in [0.1, 0.15) is 12.8 Å². The lowest BCUT2D eigenvalue weighted by atomic mass is 10.2. The van der Waals surface area contributed by atoms with E-state index < -0.39 is 0 Å². The first kappa shape index (κ1) is 16.3. The predicted molar refractivity (Wildman–Crippen MR) is 97.2 cm³/mol. The van der Waals surface area contributed by atoms with E-state index in [2.05, 4.69) is 5.32 Å². The molecule has 0 radical (unpaired) electrons. The molecule has 130 valence electrons. The quantitative estimate of drug-likeness (QED) is 0.754. The van der Waals surface area contributed by atoms with Crippen molar-refractivity contribution in [3.05, 3.63) is 47.6 Å². The van der Waals surface area contributed by atoms with Gasteiger partial charge in [0.15, 0.2) is 0 Å². The molecule has 0 saturated carbocycles. The lowest BCUT2D eigenvalue weighted by molar-refractivity contribution is -0.122. The third-order valence-corrected chi connectivity index (χ3v) is 5.38. The molecular formula is C19H19FN2O2S. The van der Waals surface area contributed by atoms with E-state index in [1.165, 1.54) is 12.1 Å². The molecule has 2 aromatic heterocycles. The molecule has 3 heterocycles. The van der Waals surface area contributed by atoms with Crippen LogP contribution in [0.5, 0.6) is 0 Å². The van der Waals surface area contributed by atoms with Gasteiger partial charge in [-0.05, 0) is 48.6 Å². The second-order valence-electron chi connectivity index (χ2n) is 6.24. The third-order valence-electron chi connectivity index (χ3n) is 4.49. The number of nitrogens with one attached hydrogen (secondary N) is 1. The fraction of sp³-hybridized carbons (Fsp3) is 0.316. The number of amides is 1. The Morgan fingerprint density at radius 3 is 3.04 bits per heavy atom. The van der Waals surface area contributed by atoms with Gasteiger partial charge in [-0.2, -0.15) is 0 Å². The van der Waals surface area contributed by atoms with Crippen LogP contribution in [0.2, 0.25) is 0 Å². The summed E-state index contributed by atoms with van der Waals surface area (Å²) in [6, 6.07) is 10.6. The van der Waals surface area contributed by atoms with Crippen LogP contribution in [0.4, 0.5) is 4.39 Å². The van der Waals surface area contributed by atoms with E-state index in [1.54, 1.807) is 17.4 Å². The summed E-state index contributed by atoms with van der Waals surface area (Å²) in [5, 5.41) is 5.75. The van der Waals surface area contributed by atoms with Crippen LogP contribution in [0.25, 0.3) is 21.5 Å². The predicted octanol–water partition coefficient (Wildman–Crippen LogP) is 3.80. The molecule has 0 aliphatic carbocycles. The van der Waals surface area contributed by atoms with E-state index in [0.29, 0.717) is 6.54 Å². The fourth-order valence-corrected chi connectivity index (χ4v) is 4.02. The topological polar surface area (TPSA) is 43.3 Å². The van der Waals surface area contributed by atoms with E-state index in [1.807, 2.05) is 28.1 Å². The lowest BCUT2D eigenvalue weighted by Crippen LogP contribution is -2.34. The molecule has 3 aromatic rings. The highest BCUT2D eigenvalue weighted by Crippen LogP contribution is 2.31. The van der Waals surface area contributed by atoms with E-state index in [4.69, 9.17) is 4.74 Å². The first-order valence-electron chi connectivity index (χ1n) is 8.42. The molecule has 4 nitrogen and oxygen atoms in total. The Hall–Kier alpha value is -2.18. The van der Waals surface area contributed by atoms with Crippen LogP contribution in [0, 0.1) is 5.82 Å². The Labute approximate surface area is 149 Å². The minimum absolute atomic E-state index is 0.0601. The largest absolute Gasteiger partial charge is 0.376 e. The highest BCUT2D eigenvalue weighted by atomic mass is 32.1. The summed E-state index contributed by atoms with van der Waals surface area (Å²) in [7, 11) is 0. The Bertz CT molecular complexity index is 882. The number of halogens is 1. The number of thiophene rings is 1. The molecule has 1 saturated heterocycles. The van der Waals surface area contributed by atoms with Gasteiger partial charge in [0.1, 0.15) is 12.4 Å². The molecule has 1 atom stereocenters. The number of nitrogens with zero attached hydrogens (tertiary/aromatic N) is 1. The van der Waals surface area contributed by atoms with Gasteiger partial charge in [0.2, 0.25) is 5.91 Å². The Morgan fingerprint density at radius 1 is 1.36 bits per heavy atom. The fourth-order valence-electron chi connectivity index (χ4n) is 3.27. The summed E-state index contributed by atoms with van der Waals surface area (Å²) in [4.78, 5) is 13.5. The smallest absolute Gasteiger partial charge is 0.240 e. The van der Waals surface area contributed by atoms with E-state index in [9.17, 15) is 9.18 Å². The summed E-state index contributed by atoms with van der Waals surface area (Å²) >= 11 is 1.60. The molecule has 0 unspecified atom stereocenters.